The first-order valence-corrected chi connectivity index (χ1v) is 8.02. The van der Waals surface area contributed by atoms with Gasteiger partial charge in [-0.1, -0.05) is 23.0 Å². The van der Waals surface area contributed by atoms with Gasteiger partial charge in [0, 0.05) is 21.9 Å². The van der Waals surface area contributed by atoms with Gasteiger partial charge < -0.3 is 8.88 Å². The third-order valence-electron chi connectivity index (χ3n) is 0.693. The minimum atomic E-state index is -0.405. The Morgan fingerprint density at radius 3 is 2.36 bits per heavy atom. The molecule has 0 aliphatic heterocycles. The van der Waals surface area contributed by atoms with Crippen LogP contribution >= 0.6 is 34.8 Å². The van der Waals surface area contributed by atoms with Crippen LogP contribution in [0.3, 0.4) is 0 Å². The van der Waals surface area contributed by atoms with Gasteiger partial charge in [-0.25, -0.2) is 0 Å². The van der Waals surface area contributed by atoms with Crippen molar-refractivity contribution in [3.8, 4) is 0 Å². The predicted octanol–water partition coefficient (Wildman–Crippen LogP) is 2.12. The maximum atomic E-state index is 7.99. The maximum absolute atomic E-state index is 7.99. The molecule has 0 N–H and O–H groups in total. The second-order valence-electron chi connectivity index (χ2n) is 1.31. The molecule has 4 unspecified atom stereocenters. The molecule has 0 rings (SSSR count). The van der Waals surface area contributed by atoms with Crippen LogP contribution in [0.25, 0.3) is 10.4 Å². The lowest BCUT2D eigenvalue weighted by Gasteiger charge is -2.07. The van der Waals surface area contributed by atoms with Crippen molar-refractivity contribution in [3.05, 3.63) is 10.4 Å². The van der Waals surface area contributed by atoms with Crippen molar-refractivity contribution in [3.63, 3.8) is 0 Å². The summed E-state index contributed by atoms with van der Waals surface area (Å²) in [5.74, 6) is 0. The van der Waals surface area contributed by atoms with Gasteiger partial charge in [0.05, 0.1) is 6.44 Å². The zero-order valence-electron chi connectivity index (χ0n) is 5.60. The van der Waals surface area contributed by atoms with Gasteiger partial charge in [0.25, 0.3) is 0 Å². The molecular formula is CH8BN3O2P4. The molecule has 62 valence electrons. The summed E-state index contributed by atoms with van der Waals surface area (Å²) in [5, 5.41) is 3.33. The van der Waals surface area contributed by atoms with E-state index in [9.17, 15) is 0 Å². The summed E-state index contributed by atoms with van der Waals surface area (Å²) in [7, 11) is 4.97. The Morgan fingerprint density at radius 2 is 2.00 bits per heavy atom. The van der Waals surface area contributed by atoms with Gasteiger partial charge in [0.1, 0.15) is 0 Å². The van der Waals surface area contributed by atoms with E-state index in [1.54, 1.807) is 0 Å². The number of nitrogens with zero attached hydrogens (tertiary/aromatic N) is 3. The number of rotatable bonds is 6. The third kappa shape index (κ3) is 7.38. The lowest BCUT2D eigenvalue weighted by atomic mass is 9.93. The quantitative estimate of drug-likeness (QED) is 0.230. The maximum Gasteiger partial charge on any atom is 0.469 e. The van der Waals surface area contributed by atoms with E-state index in [-0.39, 0.29) is 23.4 Å². The highest BCUT2D eigenvalue weighted by Gasteiger charge is 2.14. The van der Waals surface area contributed by atoms with Gasteiger partial charge in [-0.05, 0) is 5.53 Å². The Hall–Kier alpha value is 1.01. The average Bonchev–Trinajstić information content (AvgIpc) is 2.01. The molecule has 0 spiro atoms. The van der Waals surface area contributed by atoms with Crippen molar-refractivity contribution in [2.24, 2.45) is 5.11 Å². The van der Waals surface area contributed by atoms with E-state index in [2.05, 4.69) is 27.9 Å². The van der Waals surface area contributed by atoms with Gasteiger partial charge in [0.15, 0.2) is 0 Å². The second kappa shape index (κ2) is 9.11. The fourth-order valence-corrected chi connectivity index (χ4v) is 1.91. The van der Waals surface area contributed by atoms with Crippen molar-refractivity contribution >= 4 is 42.0 Å². The molecular weight excluding hydrogens is 221 g/mol. The van der Waals surface area contributed by atoms with Gasteiger partial charge in [-0.2, -0.15) is 0 Å². The normalized spacial score (nSPS) is 11.1. The van der Waals surface area contributed by atoms with Crippen molar-refractivity contribution < 1.29 is 8.88 Å². The highest BCUT2D eigenvalue weighted by Crippen LogP contribution is 2.28. The third-order valence-corrected chi connectivity index (χ3v) is 2.31. The molecule has 0 radical (unpaired) electrons. The fourth-order valence-electron chi connectivity index (χ4n) is 0.354. The topological polar surface area (TPSA) is 67.2 Å². The molecule has 0 fully saturated rings. The van der Waals surface area contributed by atoms with Crippen LogP contribution in [0.1, 0.15) is 0 Å². The smallest absolute Gasteiger partial charge is 0.387 e. The number of azide groups is 1. The van der Waals surface area contributed by atoms with E-state index in [4.69, 9.17) is 14.4 Å². The number of hydrogen-bond donors (Lipinski definition) is 0. The molecule has 0 aliphatic carbocycles. The Balaban J connectivity index is 3.58. The zero-order chi connectivity index (χ0) is 8.53. The van der Waals surface area contributed by atoms with Crippen molar-refractivity contribution in [1.29, 1.82) is 0 Å². The van der Waals surface area contributed by atoms with Crippen LogP contribution in [-0.4, -0.2) is 13.6 Å². The van der Waals surface area contributed by atoms with Gasteiger partial charge in [0.2, 0.25) is 0 Å². The van der Waals surface area contributed by atoms with E-state index < -0.39 is 7.12 Å². The largest absolute Gasteiger partial charge is 0.469 e. The van der Waals surface area contributed by atoms with Crippen LogP contribution in [0.2, 0.25) is 0 Å². The molecule has 0 saturated heterocycles. The molecule has 0 bridgehead atoms. The van der Waals surface area contributed by atoms with Crippen LogP contribution in [0.5, 0.6) is 0 Å². The number of hydrogen-bond acceptors (Lipinski definition) is 3. The summed E-state index contributed by atoms with van der Waals surface area (Å²) in [6.07, 6.45) is 0.222. The molecule has 10 heteroatoms. The van der Waals surface area contributed by atoms with E-state index >= 15 is 0 Å². The summed E-state index contributed by atoms with van der Waals surface area (Å²) >= 11 is 0. The van der Waals surface area contributed by atoms with Gasteiger partial charge >= 0.3 is 7.12 Å². The monoisotopic (exact) mass is 229 g/mol. The van der Waals surface area contributed by atoms with Crippen LogP contribution in [-0.2, 0) is 8.88 Å². The van der Waals surface area contributed by atoms with Crippen LogP contribution in [0.4, 0.5) is 0 Å². The SMILES string of the molecule is [N-]=[N+]=NCB(OPP)OPP. The predicted molar refractivity (Wildman–Crippen MR) is 58.0 cm³/mol. The summed E-state index contributed by atoms with van der Waals surface area (Å²) in [5.41, 5.74) is 7.99. The van der Waals surface area contributed by atoms with Gasteiger partial charge in [-0.3, -0.25) is 0 Å². The minimum absolute atomic E-state index is 0.222. The standard InChI is InChI=1S/CH8BN3O2P4/c3-5-4-1-2(6-10-8)7-11-9/h10-11H,1,8-9H2. The molecule has 4 atom stereocenters. The van der Waals surface area contributed by atoms with Crippen molar-refractivity contribution in [1.82, 2.24) is 0 Å². The Labute approximate surface area is 73.4 Å². The van der Waals surface area contributed by atoms with Crippen molar-refractivity contribution in [2.75, 3.05) is 6.44 Å². The summed E-state index contributed by atoms with van der Waals surface area (Å²) in [6, 6.07) is 0. The molecule has 0 saturated carbocycles. The van der Waals surface area contributed by atoms with E-state index in [1.165, 1.54) is 0 Å². The molecule has 0 aromatic heterocycles. The fraction of sp³-hybridized carbons (Fsp3) is 1.00. The molecule has 0 aliphatic rings. The molecule has 11 heavy (non-hydrogen) atoms. The van der Waals surface area contributed by atoms with Crippen LogP contribution < -0.4 is 0 Å². The van der Waals surface area contributed by atoms with Crippen molar-refractivity contribution in [2.45, 2.75) is 0 Å². The zero-order valence-corrected chi connectivity index (χ0v) is 9.91. The highest BCUT2D eigenvalue weighted by molar-refractivity contribution is 8.01. The Kier molecular flexibility index (Phi) is 9.95. The molecule has 0 amide bonds. The highest BCUT2D eigenvalue weighted by atomic mass is 32.0. The summed E-state index contributed by atoms with van der Waals surface area (Å²) < 4.78 is 10.2. The first kappa shape index (κ1) is 12.0. The summed E-state index contributed by atoms with van der Waals surface area (Å²) in [6.45, 7) is 0. The first-order valence-electron chi connectivity index (χ1n) is 2.58. The van der Waals surface area contributed by atoms with E-state index in [0.717, 1.165) is 0 Å². The molecule has 0 heterocycles. The lowest BCUT2D eigenvalue weighted by Crippen LogP contribution is -2.18. The van der Waals surface area contributed by atoms with E-state index in [1.807, 2.05) is 0 Å². The first-order chi connectivity index (χ1) is 5.35. The van der Waals surface area contributed by atoms with Crippen LogP contribution in [0, 0.1) is 0 Å². The molecule has 5 nitrogen and oxygen atoms in total. The lowest BCUT2D eigenvalue weighted by molar-refractivity contribution is 0.498. The van der Waals surface area contributed by atoms with E-state index in [0.29, 0.717) is 0 Å². The Bertz CT molecular complexity index is 135. The van der Waals surface area contributed by atoms with Gasteiger partial charge in [-0.15, -0.1) is 0 Å². The molecule has 0 aromatic carbocycles. The molecule has 0 aromatic rings. The van der Waals surface area contributed by atoms with Crippen LogP contribution in [0.15, 0.2) is 5.11 Å². The second-order valence-corrected chi connectivity index (χ2v) is 3.67. The average molecular weight is 229 g/mol. The Morgan fingerprint density at radius 1 is 1.45 bits per heavy atom. The minimum Gasteiger partial charge on any atom is -0.387 e. The summed E-state index contributed by atoms with van der Waals surface area (Å²) in [4.78, 5) is 2.60.